The largest absolute Gasteiger partial charge is 0.497 e. The second kappa shape index (κ2) is 6.71. The van der Waals surface area contributed by atoms with Gasteiger partial charge in [-0.15, -0.1) is 0 Å². The van der Waals surface area contributed by atoms with Crippen molar-refractivity contribution in [3.63, 3.8) is 0 Å². The van der Waals surface area contributed by atoms with Gasteiger partial charge in [0.05, 0.1) is 12.7 Å². The number of amides is 1. The number of pyridine rings is 1. The van der Waals surface area contributed by atoms with Crippen molar-refractivity contribution >= 4 is 22.7 Å². The summed E-state index contributed by atoms with van der Waals surface area (Å²) in [7, 11) is 1.59. The summed E-state index contributed by atoms with van der Waals surface area (Å²) in [5, 5.41) is 12.2. The number of nitrogens with one attached hydrogen (secondary N) is 1. The highest BCUT2D eigenvalue weighted by atomic mass is 32.2. The van der Waals surface area contributed by atoms with Gasteiger partial charge >= 0.3 is 0 Å². The number of nitriles is 1. The number of anilines is 1. The zero-order valence-electron chi connectivity index (χ0n) is 12.6. The molecule has 0 radical (unpaired) electrons. The maximum atomic E-state index is 12.2. The Hall–Kier alpha value is -2.52. The molecule has 3 rings (SSSR count). The van der Waals surface area contributed by atoms with E-state index >= 15 is 0 Å². The quantitative estimate of drug-likeness (QED) is 0.869. The molecule has 0 saturated heterocycles. The molecule has 0 atom stereocenters. The van der Waals surface area contributed by atoms with Gasteiger partial charge in [0, 0.05) is 11.4 Å². The van der Waals surface area contributed by atoms with Crippen LogP contribution in [-0.4, -0.2) is 17.3 Å². The maximum Gasteiger partial charge on any atom is 0.289 e. The minimum Gasteiger partial charge on any atom is -0.497 e. The number of hydrogen-bond donors (Lipinski definition) is 1. The molecule has 1 amide bonds. The topological polar surface area (TPSA) is 75.0 Å². The molecule has 1 N–H and O–H groups in total. The number of benzene rings is 1. The summed E-state index contributed by atoms with van der Waals surface area (Å²) in [6, 6.07) is 11.1. The first-order valence-electron chi connectivity index (χ1n) is 7.25. The lowest BCUT2D eigenvalue weighted by molar-refractivity contribution is 0.269. The molecule has 0 unspecified atom stereocenters. The van der Waals surface area contributed by atoms with Crippen molar-refractivity contribution in [3.8, 4) is 11.8 Å². The molecule has 6 heteroatoms. The van der Waals surface area contributed by atoms with Crippen molar-refractivity contribution in [1.29, 1.82) is 5.26 Å². The van der Waals surface area contributed by atoms with Crippen LogP contribution in [0.5, 0.6) is 5.75 Å². The van der Waals surface area contributed by atoms with Crippen LogP contribution in [0.2, 0.25) is 0 Å². The molecular formula is C17H15N3O2S. The van der Waals surface area contributed by atoms with Crippen LogP contribution in [0.15, 0.2) is 35.4 Å². The van der Waals surface area contributed by atoms with Crippen molar-refractivity contribution in [2.75, 3.05) is 12.4 Å². The first-order valence-corrected chi connectivity index (χ1v) is 8.07. The molecule has 2 aromatic rings. The van der Waals surface area contributed by atoms with Crippen molar-refractivity contribution < 1.29 is 9.53 Å². The first kappa shape index (κ1) is 15.4. The number of nitrogens with zero attached hydrogens (tertiary/aromatic N) is 2. The van der Waals surface area contributed by atoms with Crippen LogP contribution < -0.4 is 10.1 Å². The van der Waals surface area contributed by atoms with Gasteiger partial charge in [-0.05, 0) is 66.9 Å². The van der Waals surface area contributed by atoms with E-state index in [0.29, 0.717) is 16.3 Å². The Morgan fingerprint density at radius 1 is 1.35 bits per heavy atom. The minimum absolute atomic E-state index is 0.267. The number of rotatable bonds is 3. The Morgan fingerprint density at radius 2 is 2.13 bits per heavy atom. The van der Waals surface area contributed by atoms with Crippen LogP contribution in [0.3, 0.4) is 0 Å². The zero-order valence-corrected chi connectivity index (χ0v) is 13.4. The van der Waals surface area contributed by atoms with Gasteiger partial charge in [-0.2, -0.15) is 5.26 Å². The van der Waals surface area contributed by atoms with Gasteiger partial charge in [0.15, 0.2) is 0 Å². The van der Waals surface area contributed by atoms with E-state index < -0.39 is 0 Å². The molecule has 1 aromatic carbocycles. The fourth-order valence-electron chi connectivity index (χ4n) is 2.52. The number of thioether (sulfide) groups is 1. The summed E-state index contributed by atoms with van der Waals surface area (Å²) in [5.41, 5.74) is 3.26. The Balaban J connectivity index is 1.73. The lowest BCUT2D eigenvalue weighted by Gasteiger charge is -2.08. The highest BCUT2D eigenvalue weighted by molar-refractivity contribution is 8.13. The number of fused-ring (bicyclic) bond motifs is 1. The summed E-state index contributed by atoms with van der Waals surface area (Å²) in [6.45, 7) is 0. The normalized spacial score (nSPS) is 12.3. The van der Waals surface area contributed by atoms with E-state index in [1.54, 1.807) is 31.4 Å². The van der Waals surface area contributed by atoms with Crippen molar-refractivity contribution in [2.45, 2.75) is 24.3 Å². The molecule has 23 heavy (non-hydrogen) atoms. The van der Waals surface area contributed by atoms with Gasteiger partial charge in [-0.1, -0.05) is 0 Å². The van der Waals surface area contributed by atoms with Gasteiger partial charge in [-0.25, -0.2) is 4.98 Å². The van der Waals surface area contributed by atoms with Crippen molar-refractivity contribution in [3.05, 3.63) is 47.2 Å². The maximum absolute atomic E-state index is 12.2. The Labute approximate surface area is 138 Å². The zero-order chi connectivity index (χ0) is 16.2. The third kappa shape index (κ3) is 3.46. The third-order valence-electron chi connectivity index (χ3n) is 3.66. The van der Waals surface area contributed by atoms with Crippen LogP contribution >= 0.6 is 11.8 Å². The van der Waals surface area contributed by atoms with Crippen molar-refractivity contribution in [1.82, 2.24) is 4.98 Å². The SMILES string of the molecule is COc1ccc(NC(=O)Sc2nc3c(cc2C#N)CCC3)cc1. The smallest absolute Gasteiger partial charge is 0.289 e. The van der Waals surface area contributed by atoms with Crippen LogP contribution in [0.1, 0.15) is 23.2 Å². The number of aromatic nitrogens is 1. The number of carbonyl (C=O) groups is 1. The van der Waals surface area contributed by atoms with Gasteiger partial charge in [0.25, 0.3) is 5.24 Å². The molecule has 0 saturated carbocycles. The first-order chi connectivity index (χ1) is 11.2. The molecule has 1 aromatic heterocycles. The predicted octanol–water partition coefficient (Wildman–Crippen LogP) is 3.77. The number of aryl methyl sites for hydroxylation is 2. The monoisotopic (exact) mass is 325 g/mol. The lowest BCUT2D eigenvalue weighted by atomic mass is 10.2. The minimum atomic E-state index is -0.267. The summed E-state index contributed by atoms with van der Waals surface area (Å²) in [5.74, 6) is 0.725. The van der Waals surface area contributed by atoms with E-state index in [1.165, 1.54) is 0 Å². The van der Waals surface area contributed by atoms with Crippen molar-refractivity contribution in [2.24, 2.45) is 0 Å². The summed E-state index contributed by atoms with van der Waals surface area (Å²) in [4.78, 5) is 16.7. The fraction of sp³-hybridized carbons (Fsp3) is 0.235. The molecule has 5 nitrogen and oxygen atoms in total. The van der Waals surface area contributed by atoms with Crippen LogP contribution in [0.25, 0.3) is 0 Å². The Kier molecular flexibility index (Phi) is 4.49. The van der Waals surface area contributed by atoms with Gasteiger partial charge in [-0.3, -0.25) is 4.79 Å². The average molecular weight is 325 g/mol. The number of methoxy groups -OCH3 is 1. The molecular weight excluding hydrogens is 310 g/mol. The molecule has 1 aliphatic rings. The number of carbonyl (C=O) groups excluding carboxylic acids is 1. The van der Waals surface area contributed by atoms with E-state index in [0.717, 1.165) is 48.0 Å². The predicted molar refractivity (Wildman–Crippen MR) is 88.8 cm³/mol. The van der Waals surface area contributed by atoms with E-state index in [4.69, 9.17) is 4.74 Å². The highest BCUT2D eigenvalue weighted by Crippen LogP contribution is 2.29. The van der Waals surface area contributed by atoms with E-state index in [2.05, 4.69) is 16.4 Å². The van der Waals surface area contributed by atoms with Crippen LogP contribution in [-0.2, 0) is 12.8 Å². The molecule has 0 spiro atoms. The summed E-state index contributed by atoms with van der Waals surface area (Å²) >= 11 is 0.951. The highest BCUT2D eigenvalue weighted by Gasteiger charge is 2.18. The molecule has 0 bridgehead atoms. The van der Waals surface area contributed by atoms with Gasteiger partial charge < -0.3 is 10.1 Å². The molecule has 0 aliphatic heterocycles. The molecule has 1 aliphatic carbocycles. The molecule has 0 fully saturated rings. The van der Waals surface area contributed by atoms with E-state index in [9.17, 15) is 10.1 Å². The van der Waals surface area contributed by atoms with Gasteiger partial charge in [0.2, 0.25) is 0 Å². The van der Waals surface area contributed by atoms with Crippen LogP contribution in [0.4, 0.5) is 10.5 Å². The van der Waals surface area contributed by atoms with E-state index in [1.807, 2.05) is 6.07 Å². The standard InChI is InChI=1S/C17H15N3O2S/c1-22-14-7-5-13(6-8-14)19-17(21)23-16-12(10-18)9-11-3-2-4-15(11)20-16/h5-9H,2-4H2,1H3,(H,19,21). The van der Waals surface area contributed by atoms with Crippen LogP contribution in [0, 0.1) is 11.3 Å². The lowest BCUT2D eigenvalue weighted by Crippen LogP contribution is -2.06. The Morgan fingerprint density at radius 3 is 2.83 bits per heavy atom. The Bertz CT molecular complexity index is 782. The second-order valence-corrected chi connectivity index (χ2v) is 6.12. The molecule has 1 heterocycles. The fourth-order valence-corrected chi connectivity index (χ4v) is 3.23. The third-order valence-corrected chi connectivity index (χ3v) is 4.45. The van der Waals surface area contributed by atoms with Gasteiger partial charge in [0.1, 0.15) is 16.8 Å². The molecule has 116 valence electrons. The van der Waals surface area contributed by atoms with E-state index in [-0.39, 0.29) is 5.24 Å². The summed E-state index contributed by atoms with van der Waals surface area (Å²) < 4.78 is 5.08. The average Bonchev–Trinajstić information content (AvgIpc) is 3.02. The number of ether oxygens (including phenoxy) is 1. The number of hydrogen-bond acceptors (Lipinski definition) is 5. The summed E-state index contributed by atoms with van der Waals surface area (Å²) in [6.07, 6.45) is 2.92. The second-order valence-electron chi connectivity index (χ2n) is 5.16.